The molecule has 0 heterocycles. The summed E-state index contributed by atoms with van der Waals surface area (Å²) in [5, 5.41) is 2.29. The number of amides is 2. The third-order valence-corrected chi connectivity index (χ3v) is 2.00. The zero-order valence-corrected chi connectivity index (χ0v) is 8.80. The van der Waals surface area contributed by atoms with E-state index in [2.05, 4.69) is 5.32 Å². The first-order valence-corrected chi connectivity index (χ1v) is 4.73. The summed E-state index contributed by atoms with van der Waals surface area (Å²) in [6, 6.07) is 1.63. The van der Waals surface area contributed by atoms with Crippen molar-refractivity contribution in [3.8, 4) is 0 Å². The Bertz CT molecular complexity index is 440. The van der Waals surface area contributed by atoms with Gasteiger partial charge in [-0.25, -0.2) is 8.78 Å². The summed E-state index contributed by atoms with van der Waals surface area (Å²) in [4.78, 5) is 21.8. The van der Waals surface area contributed by atoms with E-state index in [9.17, 15) is 18.4 Å². The van der Waals surface area contributed by atoms with E-state index < -0.39 is 29.1 Å². The van der Waals surface area contributed by atoms with Crippen molar-refractivity contribution in [3.05, 3.63) is 29.3 Å². The fourth-order valence-electron chi connectivity index (χ4n) is 1.12. The van der Waals surface area contributed by atoms with Crippen LogP contribution in [0, 0.1) is 11.6 Å². The number of primary amides is 1. The van der Waals surface area contributed by atoms with E-state index in [1.165, 1.54) is 0 Å². The molecule has 0 aliphatic carbocycles. The second-order valence-corrected chi connectivity index (χ2v) is 3.33. The lowest BCUT2D eigenvalue weighted by molar-refractivity contribution is -0.117. The Hall–Kier alpha value is -2.18. The van der Waals surface area contributed by atoms with E-state index >= 15 is 0 Å². The number of rotatable bonds is 4. The summed E-state index contributed by atoms with van der Waals surface area (Å²) >= 11 is 0. The molecule has 0 radical (unpaired) electrons. The highest BCUT2D eigenvalue weighted by Crippen LogP contribution is 2.16. The molecule has 0 aliphatic heterocycles. The zero-order chi connectivity index (χ0) is 13.0. The van der Waals surface area contributed by atoms with Gasteiger partial charge < -0.3 is 16.8 Å². The van der Waals surface area contributed by atoms with Crippen molar-refractivity contribution >= 4 is 17.5 Å². The fourth-order valence-corrected chi connectivity index (χ4v) is 1.12. The molecule has 5 N–H and O–H groups in total. The summed E-state index contributed by atoms with van der Waals surface area (Å²) in [7, 11) is 0. The van der Waals surface area contributed by atoms with Crippen LogP contribution in [0.3, 0.4) is 0 Å². The van der Waals surface area contributed by atoms with Gasteiger partial charge in [0.05, 0.1) is 0 Å². The van der Waals surface area contributed by atoms with Crippen LogP contribution < -0.4 is 16.8 Å². The minimum Gasteiger partial charge on any atom is -0.394 e. The van der Waals surface area contributed by atoms with E-state index in [1.54, 1.807) is 0 Å². The largest absolute Gasteiger partial charge is 0.394 e. The molecule has 1 rings (SSSR count). The number of halogens is 2. The van der Waals surface area contributed by atoms with Gasteiger partial charge >= 0.3 is 0 Å². The molecule has 0 spiro atoms. The van der Waals surface area contributed by atoms with Crippen LogP contribution in [-0.2, 0) is 4.79 Å². The summed E-state index contributed by atoms with van der Waals surface area (Å²) in [5.41, 5.74) is 9.06. The second kappa shape index (κ2) is 5.24. The molecule has 0 bridgehead atoms. The van der Waals surface area contributed by atoms with Crippen molar-refractivity contribution in [2.45, 2.75) is 6.42 Å². The van der Waals surface area contributed by atoms with Gasteiger partial charge in [-0.3, -0.25) is 9.59 Å². The van der Waals surface area contributed by atoms with E-state index in [1.807, 2.05) is 0 Å². The van der Waals surface area contributed by atoms with Crippen molar-refractivity contribution in [1.29, 1.82) is 0 Å². The molecule has 0 aromatic heterocycles. The number of benzene rings is 1. The number of carbonyl (C=O) groups is 2. The number of nitrogen functional groups attached to an aromatic ring is 1. The van der Waals surface area contributed by atoms with Gasteiger partial charge in [-0.2, -0.15) is 0 Å². The molecule has 1 aromatic rings. The van der Waals surface area contributed by atoms with Crippen molar-refractivity contribution in [2.75, 3.05) is 12.3 Å². The molecule has 1 aromatic carbocycles. The van der Waals surface area contributed by atoms with Gasteiger partial charge in [-0.15, -0.1) is 0 Å². The molecule has 0 atom stereocenters. The van der Waals surface area contributed by atoms with Crippen LogP contribution in [0.5, 0.6) is 0 Å². The standard InChI is InChI=1S/C10H11F2N3O2/c11-6-3-5(4-7(12)9(6)14)10(17)15-2-1-8(13)16/h3-4H,1-2,14H2,(H2,13,16)(H,15,17). The smallest absolute Gasteiger partial charge is 0.251 e. The molecule has 0 saturated carbocycles. The lowest BCUT2D eigenvalue weighted by Crippen LogP contribution is -2.28. The van der Waals surface area contributed by atoms with Crippen molar-refractivity contribution in [1.82, 2.24) is 5.32 Å². The summed E-state index contributed by atoms with van der Waals surface area (Å²) in [6.07, 6.45) is -0.0499. The van der Waals surface area contributed by atoms with Crippen molar-refractivity contribution < 1.29 is 18.4 Å². The molecule has 92 valence electrons. The molecule has 0 aliphatic rings. The summed E-state index contributed by atoms with van der Waals surface area (Å²) in [6.45, 7) is 0.00177. The Morgan fingerprint density at radius 1 is 1.24 bits per heavy atom. The predicted octanol–water partition coefficient (Wildman–Crippen LogP) is 0.152. The van der Waals surface area contributed by atoms with Crippen LogP contribution >= 0.6 is 0 Å². The molecule has 17 heavy (non-hydrogen) atoms. The summed E-state index contributed by atoms with van der Waals surface area (Å²) in [5.74, 6) is -3.31. The number of nitrogens with two attached hydrogens (primary N) is 2. The Morgan fingerprint density at radius 3 is 2.24 bits per heavy atom. The number of hydrogen-bond acceptors (Lipinski definition) is 3. The maximum Gasteiger partial charge on any atom is 0.251 e. The van der Waals surface area contributed by atoms with Gasteiger partial charge in [0.2, 0.25) is 5.91 Å². The first kappa shape index (κ1) is 12.9. The third kappa shape index (κ3) is 3.40. The normalized spacial score (nSPS) is 10.0. The predicted molar refractivity (Wildman–Crippen MR) is 56.9 cm³/mol. The van der Waals surface area contributed by atoms with Crippen LogP contribution in [-0.4, -0.2) is 18.4 Å². The average Bonchev–Trinajstić information content (AvgIpc) is 2.24. The molecule has 0 fully saturated rings. The SMILES string of the molecule is NC(=O)CCNC(=O)c1cc(F)c(N)c(F)c1. The molecular formula is C10H11F2N3O2. The van der Waals surface area contributed by atoms with E-state index in [0.717, 1.165) is 12.1 Å². The maximum absolute atomic E-state index is 13.0. The third-order valence-electron chi connectivity index (χ3n) is 2.00. The first-order valence-electron chi connectivity index (χ1n) is 4.73. The minimum atomic E-state index is -1.01. The van der Waals surface area contributed by atoms with Crippen molar-refractivity contribution in [3.63, 3.8) is 0 Å². The van der Waals surface area contributed by atoms with Gasteiger partial charge in [0, 0.05) is 18.5 Å². The highest BCUT2D eigenvalue weighted by molar-refractivity contribution is 5.94. The van der Waals surface area contributed by atoms with Gasteiger partial charge in [0.25, 0.3) is 5.91 Å². The van der Waals surface area contributed by atoms with Crippen LogP contribution in [0.15, 0.2) is 12.1 Å². The minimum absolute atomic E-state index is 0.00177. The van der Waals surface area contributed by atoms with Gasteiger partial charge in [0.1, 0.15) is 17.3 Å². The summed E-state index contributed by atoms with van der Waals surface area (Å²) < 4.78 is 26.1. The molecular weight excluding hydrogens is 232 g/mol. The Morgan fingerprint density at radius 2 is 1.76 bits per heavy atom. The number of anilines is 1. The Balaban J connectivity index is 2.73. The van der Waals surface area contributed by atoms with Gasteiger partial charge in [-0.05, 0) is 12.1 Å². The highest BCUT2D eigenvalue weighted by atomic mass is 19.1. The number of carbonyl (C=O) groups excluding carboxylic acids is 2. The van der Waals surface area contributed by atoms with Gasteiger partial charge in [0.15, 0.2) is 0 Å². The van der Waals surface area contributed by atoms with Crippen molar-refractivity contribution in [2.24, 2.45) is 5.73 Å². The second-order valence-electron chi connectivity index (χ2n) is 3.33. The number of hydrogen-bond donors (Lipinski definition) is 3. The van der Waals surface area contributed by atoms with Crippen LogP contribution in [0.4, 0.5) is 14.5 Å². The molecule has 7 heteroatoms. The molecule has 0 saturated heterocycles. The highest BCUT2D eigenvalue weighted by Gasteiger charge is 2.12. The maximum atomic E-state index is 13.0. The van der Waals surface area contributed by atoms with E-state index in [-0.39, 0.29) is 18.5 Å². The van der Waals surface area contributed by atoms with Gasteiger partial charge in [-0.1, -0.05) is 0 Å². The zero-order valence-electron chi connectivity index (χ0n) is 8.80. The van der Waals surface area contributed by atoms with Crippen LogP contribution in [0.2, 0.25) is 0 Å². The fraction of sp³-hybridized carbons (Fsp3) is 0.200. The van der Waals surface area contributed by atoms with Crippen LogP contribution in [0.25, 0.3) is 0 Å². The molecule has 0 unspecified atom stereocenters. The first-order chi connectivity index (χ1) is 7.91. The van der Waals surface area contributed by atoms with E-state index in [4.69, 9.17) is 11.5 Å². The monoisotopic (exact) mass is 243 g/mol. The molecule has 2 amide bonds. The topological polar surface area (TPSA) is 98.2 Å². The lowest BCUT2D eigenvalue weighted by Gasteiger charge is -2.05. The van der Waals surface area contributed by atoms with Crippen LogP contribution in [0.1, 0.15) is 16.8 Å². The Labute approximate surface area is 95.8 Å². The quantitative estimate of drug-likeness (QED) is 0.656. The Kier molecular flexibility index (Phi) is 3.97. The average molecular weight is 243 g/mol. The number of nitrogens with one attached hydrogen (secondary N) is 1. The lowest BCUT2D eigenvalue weighted by atomic mass is 10.1. The van der Waals surface area contributed by atoms with E-state index in [0.29, 0.717) is 0 Å². The molecule has 5 nitrogen and oxygen atoms in total.